The average Bonchev–Trinajstić information content (AvgIpc) is 3.40. The first kappa shape index (κ1) is 18.7. The van der Waals surface area contributed by atoms with Crippen molar-refractivity contribution in [1.29, 1.82) is 0 Å². The monoisotopic (exact) mass is 379 g/mol. The molecule has 3 aromatic heterocycles. The number of rotatable bonds is 8. The highest BCUT2D eigenvalue weighted by molar-refractivity contribution is 5.70. The second kappa shape index (κ2) is 8.54. The van der Waals surface area contributed by atoms with Crippen LogP contribution in [0.15, 0.2) is 30.5 Å². The van der Waals surface area contributed by atoms with E-state index in [1.165, 1.54) is 25.7 Å². The molecule has 0 bridgehead atoms. The van der Waals surface area contributed by atoms with Gasteiger partial charge in [-0.25, -0.2) is 0 Å². The smallest absolute Gasteiger partial charge is 0.201 e. The molecule has 0 saturated heterocycles. The number of fused-ring (bicyclic) bond motifs is 1. The van der Waals surface area contributed by atoms with E-state index in [1.54, 1.807) is 0 Å². The summed E-state index contributed by atoms with van der Waals surface area (Å²) in [5, 5.41) is 20.9. The fraction of sp³-hybridized carbons (Fsp3) is 0.524. The Morgan fingerprint density at radius 3 is 2.68 bits per heavy atom. The summed E-state index contributed by atoms with van der Waals surface area (Å²) in [5.74, 6) is 2.31. The van der Waals surface area contributed by atoms with Crippen LogP contribution in [0, 0.1) is 0 Å². The van der Waals surface area contributed by atoms with E-state index >= 15 is 0 Å². The highest BCUT2D eigenvalue weighted by Crippen LogP contribution is 2.34. The molecule has 0 unspecified atom stereocenters. The van der Waals surface area contributed by atoms with Gasteiger partial charge < -0.3 is 10.6 Å². The van der Waals surface area contributed by atoms with Gasteiger partial charge in [0.15, 0.2) is 5.82 Å². The standard InChI is InChI=1S/C21H29N7/c1-3-16(4-2)24-19-13-18(23-14-17-11-7-8-12-22-17)21-26-25-20(28(21)27-19)15-9-5-6-10-15/h7-8,11-13,15-16,23H,3-6,9-10,14H2,1-2H3,(H,24,27). The van der Waals surface area contributed by atoms with Crippen LogP contribution in [0.1, 0.15) is 69.8 Å². The Kier molecular flexibility index (Phi) is 5.69. The Labute approximate surface area is 166 Å². The second-order valence-corrected chi connectivity index (χ2v) is 7.55. The summed E-state index contributed by atoms with van der Waals surface area (Å²) in [5.41, 5.74) is 2.71. The maximum atomic E-state index is 4.86. The topological polar surface area (TPSA) is 80.0 Å². The van der Waals surface area contributed by atoms with E-state index in [0.29, 0.717) is 18.5 Å². The molecule has 1 aliphatic rings. The molecule has 0 atom stereocenters. The van der Waals surface area contributed by atoms with Gasteiger partial charge in [0.2, 0.25) is 5.65 Å². The molecule has 7 nitrogen and oxygen atoms in total. The van der Waals surface area contributed by atoms with Crippen LogP contribution in [0.5, 0.6) is 0 Å². The van der Waals surface area contributed by atoms with Gasteiger partial charge in [0, 0.05) is 24.2 Å². The maximum absolute atomic E-state index is 4.86. The highest BCUT2D eigenvalue weighted by atomic mass is 15.4. The van der Waals surface area contributed by atoms with E-state index in [-0.39, 0.29) is 0 Å². The van der Waals surface area contributed by atoms with Crippen LogP contribution >= 0.6 is 0 Å². The predicted molar refractivity (Wildman–Crippen MR) is 112 cm³/mol. The molecule has 3 heterocycles. The van der Waals surface area contributed by atoms with Gasteiger partial charge in [-0.3, -0.25) is 4.98 Å². The summed E-state index contributed by atoms with van der Waals surface area (Å²) < 4.78 is 1.95. The number of anilines is 2. The van der Waals surface area contributed by atoms with Crippen molar-refractivity contribution in [2.75, 3.05) is 10.6 Å². The molecule has 0 radical (unpaired) electrons. The van der Waals surface area contributed by atoms with Crippen molar-refractivity contribution in [2.24, 2.45) is 0 Å². The molecule has 28 heavy (non-hydrogen) atoms. The summed E-state index contributed by atoms with van der Waals surface area (Å²) in [6.07, 6.45) is 8.79. The van der Waals surface area contributed by atoms with Crippen molar-refractivity contribution in [3.8, 4) is 0 Å². The minimum Gasteiger partial charge on any atom is -0.376 e. The highest BCUT2D eigenvalue weighted by Gasteiger charge is 2.24. The third-order valence-corrected chi connectivity index (χ3v) is 5.64. The molecule has 0 aliphatic heterocycles. The number of nitrogens with zero attached hydrogens (tertiary/aromatic N) is 5. The third kappa shape index (κ3) is 3.93. The lowest BCUT2D eigenvalue weighted by Crippen LogP contribution is -2.19. The molecule has 0 aromatic carbocycles. The quantitative estimate of drug-likeness (QED) is 0.604. The number of aromatic nitrogens is 5. The van der Waals surface area contributed by atoms with Gasteiger partial charge in [-0.2, -0.15) is 4.52 Å². The first-order valence-electron chi connectivity index (χ1n) is 10.4. The van der Waals surface area contributed by atoms with Crippen molar-refractivity contribution < 1.29 is 0 Å². The third-order valence-electron chi connectivity index (χ3n) is 5.64. The number of hydrogen-bond donors (Lipinski definition) is 2. The van der Waals surface area contributed by atoms with Gasteiger partial charge in [0.1, 0.15) is 5.82 Å². The Balaban J connectivity index is 1.68. The molecule has 7 heteroatoms. The fourth-order valence-electron chi connectivity index (χ4n) is 3.93. The Hall–Kier alpha value is -2.70. The zero-order valence-corrected chi connectivity index (χ0v) is 16.7. The molecule has 1 aliphatic carbocycles. The normalized spacial score (nSPS) is 14.8. The molecule has 1 saturated carbocycles. The Morgan fingerprint density at radius 1 is 1.14 bits per heavy atom. The van der Waals surface area contributed by atoms with E-state index < -0.39 is 0 Å². The molecule has 2 N–H and O–H groups in total. The zero-order chi connectivity index (χ0) is 19.3. The van der Waals surface area contributed by atoms with Crippen LogP contribution in [0.3, 0.4) is 0 Å². The van der Waals surface area contributed by atoms with Gasteiger partial charge >= 0.3 is 0 Å². The van der Waals surface area contributed by atoms with Gasteiger partial charge in [-0.1, -0.05) is 32.8 Å². The van der Waals surface area contributed by atoms with Gasteiger partial charge in [-0.15, -0.1) is 15.3 Å². The molecular weight excluding hydrogens is 350 g/mol. The van der Waals surface area contributed by atoms with Crippen LogP contribution in [0.2, 0.25) is 0 Å². The lowest BCUT2D eigenvalue weighted by atomic mass is 10.1. The molecule has 148 valence electrons. The van der Waals surface area contributed by atoms with Gasteiger partial charge in [-0.05, 0) is 37.8 Å². The van der Waals surface area contributed by atoms with Crippen LogP contribution in [0.25, 0.3) is 5.65 Å². The van der Waals surface area contributed by atoms with Crippen molar-refractivity contribution >= 4 is 17.2 Å². The van der Waals surface area contributed by atoms with Gasteiger partial charge in [0.05, 0.1) is 17.9 Å². The van der Waals surface area contributed by atoms with Gasteiger partial charge in [0.25, 0.3) is 0 Å². The minimum atomic E-state index is 0.403. The summed E-state index contributed by atoms with van der Waals surface area (Å²) in [4.78, 5) is 4.40. The maximum Gasteiger partial charge on any atom is 0.201 e. The molecule has 0 spiro atoms. The molecule has 1 fully saturated rings. The predicted octanol–water partition coefficient (Wildman–Crippen LogP) is 4.39. The molecule has 0 amide bonds. The van der Waals surface area contributed by atoms with Crippen LogP contribution in [0.4, 0.5) is 11.5 Å². The summed E-state index contributed by atoms with van der Waals surface area (Å²) in [6.45, 7) is 5.03. The van der Waals surface area contributed by atoms with E-state index in [0.717, 1.165) is 41.5 Å². The SMILES string of the molecule is CCC(CC)Nc1cc(NCc2ccccn2)c2nnc(C3CCCC3)n2n1. The van der Waals surface area contributed by atoms with E-state index in [2.05, 4.69) is 39.7 Å². The Bertz CT molecular complexity index is 896. The van der Waals surface area contributed by atoms with E-state index in [1.807, 2.05) is 35.0 Å². The first-order valence-corrected chi connectivity index (χ1v) is 10.4. The van der Waals surface area contributed by atoms with Crippen LogP contribution in [-0.2, 0) is 6.54 Å². The van der Waals surface area contributed by atoms with E-state index in [9.17, 15) is 0 Å². The Morgan fingerprint density at radius 2 is 1.96 bits per heavy atom. The average molecular weight is 380 g/mol. The fourth-order valence-corrected chi connectivity index (χ4v) is 3.93. The number of pyridine rings is 1. The summed E-state index contributed by atoms with van der Waals surface area (Å²) >= 11 is 0. The van der Waals surface area contributed by atoms with Crippen LogP contribution < -0.4 is 10.6 Å². The summed E-state index contributed by atoms with van der Waals surface area (Å²) in [6, 6.07) is 8.39. The number of hydrogen-bond acceptors (Lipinski definition) is 6. The molecule has 3 aromatic rings. The summed E-state index contributed by atoms with van der Waals surface area (Å²) in [7, 11) is 0. The largest absolute Gasteiger partial charge is 0.376 e. The zero-order valence-electron chi connectivity index (χ0n) is 16.7. The number of nitrogens with one attached hydrogen (secondary N) is 2. The molecular formula is C21H29N7. The molecule has 4 rings (SSSR count). The lowest BCUT2D eigenvalue weighted by molar-refractivity contribution is 0.633. The first-order chi connectivity index (χ1) is 13.8. The van der Waals surface area contributed by atoms with Crippen molar-refractivity contribution in [2.45, 2.75) is 70.9 Å². The van der Waals surface area contributed by atoms with Crippen molar-refractivity contribution in [3.05, 3.63) is 42.0 Å². The van der Waals surface area contributed by atoms with E-state index in [4.69, 9.17) is 5.10 Å². The van der Waals surface area contributed by atoms with Crippen molar-refractivity contribution in [1.82, 2.24) is 24.8 Å². The lowest BCUT2D eigenvalue weighted by Gasteiger charge is -2.17. The van der Waals surface area contributed by atoms with Crippen LogP contribution in [-0.4, -0.2) is 30.8 Å². The second-order valence-electron chi connectivity index (χ2n) is 7.55. The van der Waals surface area contributed by atoms with Crippen molar-refractivity contribution in [3.63, 3.8) is 0 Å². The minimum absolute atomic E-state index is 0.403.